The van der Waals surface area contributed by atoms with Gasteiger partial charge in [-0.15, -0.1) is 0 Å². The number of hydrogen-bond acceptors (Lipinski definition) is 4. The van der Waals surface area contributed by atoms with E-state index in [1.54, 1.807) is 7.11 Å². The molecule has 84 valence electrons. The normalized spacial score (nSPS) is 45.9. The van der Waals surface area contributed by atoms with Crippen LogP contribution in [0.4, 0.5) is 0 Å². The highest BCUT2D eigenvalue weighted by Crippen LogP contribution is 2.52. The first-order valence-corrected chi connectivity index (χ1v) is 5.64. The second kappa shape index (κ2) is 2.95. The van der Waals surface area contributed by atoms with E-state index in [0.717, 1.165) is 30.6 Å². The predicted molar refractivity (Wildman–Crippen MR) is 56.7 cm³/mol. The average Bonchev–Trinajstić information content (AvgIpc) is 2.60. The quantitative estimate of drug-likeness (QED) is 0.727. The highest BCUT2D eigenvalue weighted by atomic mass is 16.7. The Balaban J connectivity index is 1.77. The first-order valence-electron chi connectivity index (χ1n) is 5.64. The van der Waals surface area contributed by atoms with E-state index in [0.29, 0.717) is 5.92 Å². The maximum absolute atomic E-state index is 5.53. The molecule has 0 bridgehead atoms. The van der Waals surface area contributed by atoms with Crippen molar-refractivity contribution in [3.63, 3.8) is 0 Å². The topological polar surface area (TPSA) is 42.8 Å². The van der Waals surface area contributed by atoms with Crippen LogP contribution in [-0.4, -0.2) is 37.6 Å². The Morgan fingerprint density at radius 3 is 2.67 bits per heavy atom. The molecule has 2 fully saturated rings. The molecule has 2 heterocycles. The maximum atomic E-state index is 5.53. The summed E-state index contributed by atoms with van der Waals surface area (Å²) in [7, 11) is 1.74. The second-order valence-electron chi connectivity index (χ2n) is 5.34. The van der Waals surface area contributed by atoms with Crippen LogP contribution < -0.4 is 5.32 Å². The van der Waals surface area contributed by atoms with Gasteiger partial charge in [-0.1, -0.05) is 5.16 Å². The zero-order chi connectivity index (χ0) is 10.6. The van der Waals surface area contributed by atoms with Gasteiger partial charge in [-0.25, -0.2) is 0 Å². The van der Waals surface area contributed by atoms with E-state index >= 15 is 0 Å². The second-order valence-corrected chi connectivity index (χ2v) is 5.34. The van der Waals surface area contributed by atoms with E-state index in [-0.39, 0.29) is 11.7 Å². The van der Waals surface area contributed by atoms with Crippen LogP contribution in [-0.2, 0) is 9.57 Å². The molecule has 0 aromatic rings. The molecular weight excluding hydrogens is 192 g/mol. The van der Waals surface area contributed by atoms with Gasteiger partial charge in [-0.2, -0.15) is 0 Å². The van der Waals surface area contributed by atoms with Crippen molar-refractivity contribution in [2.75, 3.05) is 20.2 Å². The third kappa shape index (κ3) is 1.24. The molecular formula is C11H18N2O2. The van der Waals surface area contributed by atoms with Gasteiger partial charge >= 0.3 is 0 Å². The minimum absolute atomic E-state index is 0.0353. The van der Waals surface area contributed by atoms with Crippen molar-refractivity contribution >= 4 is 5.71 Å². The van der Waals surface area contributed by atoms with Gasteiger partial charge in [0.1, 0.15) is 6.10 Å². The third-order valence-corrected chi connectivity index (χ3v) is 3.96. The Hall–Kier alpha value is -0.610. The van der Waals surface area contributed by atoms with Crippen LogP contribution in [0.25, 0.3) is 0 Å². The summed E-state index contributed by atoms with van der Waals surface area (Å²) < 4.78 is 5.53. The minimum Gasteiger partial charge on any atom is -0.387 e. The number of piperidine rings is 1. The van der Waals surface area contributed by atoms with Gasteiger partial charge in [0.05, 0.1) is 5.71 Å². The van der Waals surface area contributed by atoms with Gasteiger partial charge in [0, 0.05) is 13.0 Å². The number of hydrogen-bond donors (Lipinski definition) is 1. The zero-order valence-electron chi connectivity index (χ0n) is 9.49. The van der Waals surface area contributed by atoms with Crippen LogP contribution in [0.1, 0.15) is 13.8 Å². The molecule has 0 aromatic heterocycles. The Kier molecular flexibility index (Phi) is 1.89. The third-order valence-electron chi connectivity index (χ3n) is 3.96. The number of fused-ring (bicyclic) bond motifs is 1. The molecule has 1 saturated carbocycles. The van der Waals surface area contributed by atoms with Crippen molar-refractivity contribution in [2.45, 2.75) is 25.6 Å². The standard InChI is InChI=1S/C11H18N2O2/c1-11(2)10(14-3)9(13-15-11)8-6-4-12-5-7(6)8/h6-8,10,12H,4-5H2,1-3H3/t6-,7+,8?,10?. The summed E-state index contributed by atoms with van der Waals surface area (Å²) in [5.41, 5.74) is 0.841. The van der Waals surface area contributed by atoms with Crippen LogP contribution in [0, 0.1) is 17.8 Å². The predicted octanol–water partition coefficient (Wildman–Crippen LogP) is 0.632. The van der Waals surface area contributed by atoms with Crippen molar-refractivity contribution < 1.29 is 9.57 Å². The number of rotatable bonds is 2. The Labute approximate surface area is 90.0 Å². The average molecular weight is 210 g/mol. The van der Waals surface area contributed by atoms with Crippen LogP contribution in [0.3, 0.4) is 0 Å². The van der Waals surface area contributed by atoms with Gasteiger partial charge in [0.25, 0.3) is 0 Å². The van der Waals surface area contributed by atoms with Crippen LogP contribution in [0.2, 0.25) is 0 Å². The molecule has 0 spiro atoms. The monoisotopic (exact) mass is 210 g/mol. The summed E-state index contributed by atoms with van der Waals surface area (Å²) in [6, 6.07) is 0. The molecule has 1 N–H and O–H groups in total. The lowest BCUT2D eigenvalue weighted by Crippen LogP contribution is -2.41. The SMILES string of the molecule is COC1C(C2[C@H]3CNC[C@@H]23)=NOC1(C)C. The molecule has 1 saturated heterocycles. The van der Waals surface area contributed by atoms with Gasteiger partial charge in [0.15, 0.2) is 5.60 Å². The summed E-state index contributed by atoms with van der Waals surface area (Å²) in [6.07, 6.45) is 0.0353. The molecule has 2 aliphatic heterocycles. The van der Waals surface area contributed by atoms with Crippen molar-refractivity contribution in [1.82, 2.24) is 5.32 Å². The smallest absolute Gasteiger partial charge is 0.163 e. The zero-order valence-corrected chi connectivity index (χ0v) is 9.49. The fraction of sp³-hybridized carbons (Fsp3) is 0.909. The van der Waals surface area contributed by atoms with E-state index < -0.39 is 0 Å². The van der Waals surface area contributed by atoms with Gasteiger partial charge in [0.2, 0.25) is 0 Å². The first kappa shape index (κ1) is 9.60. The summed E-state index contributed by atoms with van der Waals surface area (Å²) in [6.45, 7) is 6.33. The van der Waals surface area contributed by atoms with E-state index in [9.17, 15) is 0 Å². The van der Waals surface area contributed by atoms with Crippen molar-refractivity contribution in [3.8, 4) is 0 Å². The summed E-state index contributed by atoms with van der Waals surface area (Å²) in [5, 5.41) is 7.64. The Morgan fingerprint density at radius 1 is 1.40 bits per heavy atom. The number of nitrogens with one attached hydrogen (secondary N) is 1. The molecule has 4 atom stereocenters. The molecule has 4 nitrogen and oxygen atoms in total. The van der Waals surface area contributed by atoms with Gasteiger partial charge in [-0.05, 0) is 38.8 Å². The molecule has 0 aromatic carbocycles. The molecule has 3 rings (SSSR count). The first-order chi connectivity index (χ1) is 7.15. The highest BCUT2D eigenvalue weighted by molar-refractivity contribution is 5.95. The van der Waals surface area contributed by atoms with E-state index in [1.165, 1.54) is 0 Å². The maximum Gasteiger partial charge on any atom is 0.163 e. The number of ether oxygens (including phenoxy) is 1. The minimum atomic E-state index is -0.297. The van der Waals surface area contributed by atoms with Crippen LogP contribution in [0.5, 0.6) is 0 Å². The fourth-order valence-electron chi connectivity index (χ4n) is 3.12. The van der Waals surface area contributed by atoms with Crippen molar-refractivity contribution in [1.29, 1.82) is 0 Å². The van der Waals surface area contributed by atoms with Gasteiger partial charge < -0.3 is 14.9 Å². The Morgan fingerprint density at radius 2 is 2.07 bits per heavy atom. The van der Waals surface area contributed by atoms with Crippen molar-refractivity contribution in [2.24, 2.45) is 22.9 Å². The molecule has 1 aliphatic carbocycles. The molecule has 3 aliphatic rings. The highest BCUT2D eigenvalue weighted by Gasteiger charge is 2.60. The molecule has 15 heavy (non-hydrogen) atoms. The van der Waals surface area contributed by atoms with E-state index in [1.807, 2.05) is 13.8 Å². The van der Waals surface area contributed by atoms with Gasteiger partial charge in [-0.3, -0.25) is 0 Å². The molecule has 2 unspecified atom stereocenters. The largest absolute Gasteiger partial charge is 0.387 e. The molecule has 0 amide bonds. The summed E-state index contributed by atoms with van der Waals surface area (Å²) >= 11 is 0. The van der Waals surface area contributed by atoms with E-state index in [2.05, 4.69) is 10.5 Å². The Bertz CT molecular complexity index is 304. The molecule has 4 heteroatoms. The summed E-state index contributed by atoms with van der Waals surface area (Å²) in [4.78, 5) is 5.47. The number of oxime groups is 1. The van der Waals surface area contributed by atoms with Crippen molar-refractivity contribution in [3.05, 3.63) is 0 Å². The number of methoxy groups -OCH3 is 1. The van der Waals surface area contributed by atoms with Crippen LogP contribution >= 0.6 is 0 Å². The number of nitrogens with zero attached hydrogens (tertiary/aromatic N) is 1. The lowest BCUT2D eigenvalue weighted by atomic mass is 9.94. The van der Waals surface area contributed by atoms with E-state index in [4.69, 9.17) is 9.57 Å². The lowest BCUT2D eigenvalue weighted by molar-refractivity contribution is -0.0616. The van der Waals surface area contributed by atoms with Crippen LogP contribution in [0.15, 0.2) is 5.16 Å². The molecule has 0 radical (unpaired) electrons. The lowest BCUT2D eigenvalue weighted by Gasteiger charge is -2.24. The summed E-state index contributed by atoms with van der Waals surface area (Å²) in [5.74, 6) is 2.16. The fourth-order valence-corrected chi connectivity index (χ4v) is 3.12.